The first-order chi connectivity index (χ1) is 9.38. The van der Waals surface area contributed by atoms with Crippen LogP contribution in [0.2, 0.25) is 0 Å². The Morgan fingerprint density at radius 3 is 2.55 bits per heavy atom. The molecule has 0 spiro atoms. The van der Waals surface area contributed by atoms with Crippen LogP contribution in [-0.2, 0) is 11.3 Å². The fraction of sp³-hybridized carbons (Fsp3) is 0.429. The van der Waals surface area contributed by atoms with Gasteiger partial charge in [-0.1, -0.05) is 12.1 Å². The zero-order valence-electron chi connectivity index (χ0n) is 11.5. The van der Waals surface area contributed by atoms with Crippen LogP contribution in [0.25, 0.3) is 0 Å². The Morgan fingerprint density at radius 1 is 1.40 bits per heavy atom. The van der Waals surface area contributed by atoms with Gasteiger partial charge in [0.05, 0.1) is 5.56 Å². The van der Waals surface area contributed by atoms with Crippen LogP contribution in [0.15, 0.2) is 24.3 Å². The molecule has 4 N–H and O–H groups in total. The molecule has 0 aromatic heterocycles. The number of carboxylic acids is 2. The van der Waals surface area contributed by atoms with E-state index in [1.165, 1.54) is 0 Å². The maximum atomic E-state index is 10.8. The third kappa shape index (κ3) is 5.81. The number of nitrogens with two attached hydrogens (primary N) is 1. The number of aromatic carboxylic acids is 1. The third-order valence-corrected chi connectivity index (χ3v) is 2.89. The molecule has 1 heterocycles. The number of hydrogen-bond acceptors (Lipinski definition) is 4. The summed E-state index contributed by atoms with van der Waals surface area (Å²) >= 11 is 0. The number of likely N-dealkylation sites (tertiary alicyclic amines) is 1. The number of benzene rings is 1. The molecule has 0 bridgehead atoms. The Morgan fingerprint density at radius 2 is 2.05 bits per heavy atom. The van der Waals surface area contributed by atoms with Crippen LogP contribution in [0.5, 0.6) is 0 Å². The largest absolute Gasteiger partial charge is 0.481 e. The van der Waals surface area contributed by atoms with E-state index in [2.05, 4.69) is 4.90 Å². The van der Waals surface area contributed by atoms with Crippen molar-refractivity contribution in [3.63, 3.8) is 0 Å². The van der Waals surface area contributed by atoms with Crippen molar-refractivity contribution in [1.29, 1.82) is 0 Å². The van der Waals surface area contributed by atoms with E-state index in [9.17, 15) is 4.79 Å². The number of aliphatic carboxylic acids is 1. The Labute approximate surface area is 117 Å². The summed E-state index contributed by atoms with van der Waals surface area (Å²) in [5.41, 5.74) is 7.21. The van der Waals surface area contributed by atoms with Crippen LogP contribution in [0.3, 0.4) is 0 Å². The van der Waals surface area contributed by atoms with E-state index < -0.39 is 11.9 Å². The van der Waals surface area contributed by atoms with Crippen molar-refractivity contribution >= 4 is 11.9 Å². The Bertz CT molecular complexity index is 472. The van der Waals surface area contributed by atoms with E-state index in [4.69, 9.17) is 20.7 Å². The van der Waals surface area contributed by atoms with Crippen molar-refractivity contribution in [3.05, 3.63) is 35.4 Å². The zero-order chi connectivity index (χ0) is 15.1. The van der Waals surface area contributed by atoms with Crippen molar-refractivity contribution < 1.29 is 19.8 Å². The van der Waals surface area contributed by atoms with E-state index in [0.717, 1.165) is 38.5 Å². The number of nitrogens with zero attached hydrogens (tertiary/aromatic N) is 1. The van der Waals surface area contributed by atoms with Gasteiger partial charge in [-0.15, -0.1) is 0 Å². The SMILES string of the molecule is CC(=O)O.NC1CCN(Cc2cccc(C(=O)O)c2)C1. The van der Waals surface area contributed by atoms with Gasteiger partial charge in [-0.3, -0.25) is 9.69 Å². The lowest BCUT2D eigenvalue weighted by Gasteiger charge is -2.15. The maximum absolute atomic E-state index is 10.8. The minimum absolute atomic E-state index is 0.266. The fourth-order valence-electron chi connectivity index (χ4n) is 2.07. The van der Waals surface area contributed by atoms with Crippen LogP contribution in [0.4, 0.5) is 0 Å². The summed E-state index contributed by atoms with van der Waals surface area (Å²) in [5.74, 6) is -1.71. The van der Waals surface area contributed by atoms with Crippen molar-refractivity contribution in [2.24, 2.45) is 5.73 Å². The predicted octanol–water partition coefficient (Wildman–Crippen LogP) is 1.01. The summed E-state index contributed by atoms with van der Waals surface area (Å²) in [7, 11) is 0. The molecule has 0 saturated carbocycles. The van der Waals surface area contributed by atoms with Gasteiger partial charge in [-0.25, -0.2) is 4.79 Å². The van der Waals surface area contributed by atoms with Gasteiger partial charge in [0.15, 0.2) is 0 Å². The number of rotatable bonds is 3. The first-order valence-corrected chi connectivity index (χ1v) is 6.38. The summed E-state index contributed by atoms with van der Waals surface area (Å²) in [6.45, 7) is 3.77. The third-order valence-electron chi connectivity index (χ3n) is 2.89. The summed E-state index contributed by atoms with van der Waals surface area (Å²) in [6, 6.07) is 7.35. The molecule has 1 fully saturated rings. The molecule has 1 aliphatic rings. The first kappa shape index (κ1) is 16.1. The minimum atomic E-state index is -0.875. The topological polar surface area (TPSA) is 104 Å². The lowest BCUT2D eigenvalue weighted by atomic mass is 10.1. The monoisotopic (exact) mass is 280 g/mol. The molecule has 1 aromatic carbocycles. The van der Waals surface area contributed by atoms with Gasteiger partial charge in [0.2, 0.25) is 0 Å². The first-order valence-electron chi connectivity index (χ1n) is 6.38. The van der Waals surface area contributed by atoms with Gasteiger partial charge in [0, 0.05) is 32.6 Å². The Hall–Kier alpha value is -1.92. The molecular weight excluding hydrogens is 260 g/mol. The molecule has 6 nitrogen and oxygen atoms in total. The molecule has 1 unspecified atom stereocenters. The van der Waals surface area contributed by atoms with E-state index in [1.54, 1.807) is 18.2 Å². The molecule has 0 amide bonds. The second kappa shape index (κ2) is 7.62. The molecule has 0 aliphatic carbocycles. The molecular formula is C14H20N2O4. The smallest absolute Gasteiger partial charge is 0.335 e. The number of carboxylic acid groups (broad SMARTS) is 2. The molecule has 6 heteroatoms. The highest BCUT2D eigenvalue weighted by molar-refractivity contribution is 5.87. The van der Waals surface area contributed by atoms with Gasteiger partial charge < -0.3 is 15.9 Å². The predicted molar refractivity (Wildman–Crippen MR) is 74.6 cm³/mol. The minimum Gasteiger partial charge on any atom is -0.481 e. The van der Waals surface area contributed by atoms with Crippen LogP contribution >= 0.6 is 0 Å². The summed E-state index contributed by atoms with van der Waals surface area (Å²) in [5, 5.41) is 16.3. The van der Waals surface area contributed by atoms with Gasteiger partial charge in [0.1, 0.15) is 0 Å². The van der Waals surface area contributed by atoms with Crippen molar-refractivity contribution in [1.82, 2.24) is 4.90 Å². The van der Waals surface area contributed by atoms with Gasteiger partial charge in [0.25, 0.3) is 5.97 Å². The van der Waals surface area contributed by atoms with Crippen LogP contribution < -0.4 is 5.73 Å². The summed E-state index contributed by atoms with van der Waals surface area (Å²) < 4.78 is 0. The molecule has 1 aromatic rings. The normalized spacial score (nSPS) is 18.2. The molecule has 0 radical (unpaired) electrons. The number of hydrogen-bond donors (Lipinski definition) is 3. The highest BCUT2D eigenvalue weighted by Crippen LogP contribution is 2.13. The molecule has 1 saturated heterocycles. The molecule has 1 aliphatic heterocycles. The summed E-state index contributed by atoms with van der Waals surface area (Å²) in [6.07, 6.45) is 1.03. The Kier molecular flexibility index (Phi) is 6.14. The zero-order valence-corrected chi connectivity index (χ0v) is 11.5. The lowest BCUT2D eigenvalue weighted by molar-refractivity contribution is -0.134. The van der Waals surface area contributed by atoms with Crippen LogP contribution in [0.1, 0.15) is 29.3 Å². The van der Waals surface area contributed by atoms with Gasteiger partial charge in [-0.05, 0) is 24.1 Å². The van der Waals surface area contributed by atoms with E-state index in [1.807, 2.05) is 6.07 Å². The fourth-order valence-corrected chi connectivity index (χ4v) is 2.07. The highest BCUT2D eigenvalue weighted by Gasteiger charge is 2.18. The maximum Gasteiger partial charge on any atom is 0.335 e. The number of carbonyl (C=O) groups is 2. The van der Waals surface area contributed by atoms with E-state index in [0.29, 0.717) is 5.56 Å². The molecule has 1 atom stereocenters. The highest BCUT2D eigenvalue weighted by atomic mass is 16.4. The molecule has 20 heavy (non-hydrogen) atoms. The lowest BCUT2D eigenvalue weighted by Crippen LogP contribution is -2.26. The van der Waals surface area contributed by atoms with Gasteiger partial charge in [-0.2, -0.15) is 0 Å². The quantitative estimate of drug-likeness (QED) is 0.763. The van der Waals surface area contributed by atoms with E-state index in [-0.39, 0.29) is 6.04 Å². The second-order valence-corrected chi connectivity index (χ2v) is 4.81. The van der Waals surface area contributed by atoms with Gasteiger partial charge >= 0.3 is 5.97 Å². The van der Waals surface area contributed by atoms with Crippen LogP contribution in [0, 0.1) is 0 Å². The molecule has 2 rings (SSSR count). The van der Waals surface area contributed by atoms with Crippen molar-refractivity contribution in [2.45, 2.75) is 25.9 Å². The standard InChI is InChI=1S/C12H16N2O2.C2H4O2/c13-11-4-5-14(8-11)7-9-2-1-3-10(6-9)12(15)16;1-2(3)4/h1-3,6,11H,4-5,7-8,13H2,(H,15,16);1H3,(H,3,4). The second-order valence-electron chi connectivity index (χ2n) is 4.81. The van der Waals surface area contributed by atoms with Crippen molar-refractivity contribution in [2.75, 3.05) is 13.1 Å². The van der Waals surface area contributed by atoms with Crippen molar-refractivity contribution in [3.8, 4) is 0 Å². The molecule has 110 valence electrons. The van der Waals surface area contributed by atoms with E-state index >= 15 is 0 Å². The average molecular weight is 280 g/mol. The van der Waals surface area contributed by atoms with Crippen LogP contribution in [-0.4, -0.2) is 46.2 Å². The average Bonchev–Trinajstić information content (AvgIpc) is 2.74. The summed E-state index contributed by atoms with van der Waals surface area (Å²) in [4.78, 5) is 22.1. The Balaban J connectivity index is 0.000000444.